The molecule has 0 saturated heterocycles. The van der Waals surface area contributed by atoms with Gasteiger partial charge < -0.3 is 14.6 Å². The zero-order valence-electron chi connectivity index (χ0n) is 12.2. The number of rotatable bonds is 4. The maximum atomic E-state index is 12.0. The van der Waals surface area contributed by atoms with Gasteiger partial charge in [-0.1, -0.05) is 20.8 Å². The molecule has 1 aromatic rings. The highest BCUT2D eigenvalue weighted by Gasteiger charge is 2.26. The predicted octanol–water partition coefficient (Wildman–Crippen LogP) is 1.90. The lowest BCUT2D eigenvalue weighted by molar-refractivity contribution is -0.132. The fourth-order valence-corrected chi connectivity index (χ4v) is 1.57. The standard InChI is InChI=1S/C14H22N2O3/c1-10(14(2,3)4)16(5)12(17)8-15-13(18)11-6-7-19-9-11/h6-7,9-10H,8H2,1-5H3,(H,15,18). The monoisotopic (exact) mass is 266 g/mol. The zero-order chi connectivity index (χ0) is 14.6. The highest BCUT2D eigenvalue weighted by Crippen LogP contribution is 2.22. The van der Waals surface area contributed by atoms with E-state index in [4.69, 9.17) is 4.42 Å². The van der Waals surface area contributed by atoms with Crippen LogP contribution >= 0.6 is 0 Å². The van der Waals surface area contributed by atoms with Gasteiger partial charge in [-0.15, -0.1) is 0 Å². The summed E-state index contributed by atoms with van der Waals surface area (Å²) in [4.78, 5) is 25.3. The van der Waals surface area contributed by atoms with Gasteiger partial charge in [-0.3, -0.25) is 9.59 Å². The van der Waals surface area contributed by atoms with Gasteiger partial charge in [0.25, 0.3) is 5.91 Å². The van der Waals surface area contributed by atoms with Crippen LogP contribution in [-0.2, 0) is 4.79 Å². The van der Waals surface area contributed by atoms with Crippen LogP contribution in [0.25, 0.3) is 0 Å². The van der Waals surface area contributed by atoms with E-state index in [-0.39, 0.29) is 29.8 Å². The Kier molecular flexibility index (Phi) is 4.75. The Labute approximate surface area is 114 Å². The molecule has 1 N–H and O–H groups in total. The minimum absolute atomic E-state index is 0.00101. The Morgan fingerprint density at radius 3 is 2.53 bits per heavy atom. The molecule has 5 nitrogen and oxygen atoms in total. The second kappa shape index (κ2) is 5.91. The number of carbonyl (C=O) groups excluding carboxylic acids is 2. The van der Waals surface area contributed by atoms with E-state index in [2.05, 4.69) is 26.1 Å². The summed E-state index contributed by atoms with van der Waals surface area (Å²) in [7, 11) is 1.75. The van der Waals surface area contributed by atoms with Gasteiger partial charge >= 0.3 is 0 Å². The largest absolute Gasteiger partial charge is 0.472 e. The molecule has 0 saturated carbocycles. The molecule has 19 heavy (non-hydrogen) atoms. The molecule has 0 fully saturated rings. The molecular weight excluding hydrogens is 244 g/mol. The summed E-state index contributed by atoms with van der Waals surface area (Å²) in [5.74, 6) is -0.418. The molecular formula is C14H22N2O3. The van der Waals surface area contributed by atoms with Gasteiger partial charge in [-0.25, -0.2) is 0 Å². The summed E-state index contributed by atoms with van der Waals surface area (Å²) in [5, 5.41) is 2.58. The lowest BCUT2D eigenvalue weighted by Gasteiger charge is -2.35. The van der Waals surface area contributed by atoms with Gasteiger partial charge in [0.2, 0.25) is 5.91 Å². The molecule has 2 amide bonds. The maximum absolute atomic E-state index is 12.0. The van der Waals surface area contributed by atoms with Gasteiger partial charge in [0.05, 0.1) is 18.4 Å². The van der Waals surface area contributed by atoms with Crippen LogP contribution in [0.5, 0.6) is 0 Å². The quantitative estimate of drug-likeness (QED) is 0.905. The van der Waals surface area contributed by atoms with Crippen LogP contribution in [0, 0.1) is 5.41 Å². The maximum Gasteiger partial charge on any atom is 0.254 e. The van der Waals surface area contributed by atoms with Gasteiger partial charge in [0, 0.05) is 13.1 Å². The Bertz CT molecular complexity index is 432. The van der Waals surface area contributed by atoms with Crippen LogP contribution in [0.1, 0.15) is 38.1 Å². The fraction of sp³-hybridized carbons (Fsp3) is 0.571. The molecule has 0 radical (unpaired) electrons. The summed E-state index contributed by atoms with van der Waals surface area (Å²) in [6, 6.07) is 1.65. The molecule has 1 rings (SSSR count). The van der Waals surface area contributed by atoms with Crippen molar-refractivity contribution in [1.29, 1.82) is 0 Å². The summed E-state index contributed by atoms with van der Waals surface area (Å²) in [6.07, 6.45) is 2.77. The normalized spacial score (nSPS) is 12.9. The summed E-state index contributed by atoms with van der Waals surface area (Å²) >= 11 is 0. The van der Waals surface area contributed by atoms with Gasteiger partial charge in [-0.2, -0.15) is 0 Å². The summed E-state index contributed by atoms with van der Waals surface area (Å²) < 4.78 is 4.82. The molecule has 1 atom stereocenters. The van der Waals surface area contributed by atoms with Crippen molar-refractivity contribution in [2.24, 2.45) is 5.41 Å². The first-order chi connectivity index (χ1) is 8.73. The van der Waals surface area contributed by atoms with Crippen LogP contribution in [-0.4, -0.2) is 36.3 Å². The van der Waals surface area contributed by atoms with Crippen molar-refractivity contribution >= 4 is 11.8 Å². The fourth-order valence-electron chi connectivity index (χ4n) is 1.57. The van der Waals surface area contributed by atoms with E-state index >= 15 is 0 Å². The molecule has 1 heterocycles. The molecule has 0 bridgehead atoms. The van der Waals surface area contributed by atoms with Crippen molar-refractivity contribution in [2.45, 2.75) is 33.7 Å². The third-order valence-electron chi connectivity index (χ3n) is 3.41. The van der Waals surface area contributed by atoms with E-state index < -0.39 is 0 Å². The minimum atomic E-state index is -0.307. The minimum Gasteiger partial charge on any atom is -0.472 e. The lowest BCUT2D eigenvalue weighted by Crippen LogP contribution is -2.47. The summed E-state index contributed by atoms with van der Waals surface area (Å²) in [6.45, 7) is 8.21. The van der Waals surface area contributed by atoms with E-state index in [1.807, 2.05) is 6.92 Å². The number of hydrogen-bond donors (Lipinski definition) is 1. The van der Waals surface area contributed by atoms with Crippen LogP contribution < -0.4 is 5.32 Å². The topological polar surface area (TPSA) is 62.6 Å². The van der Waals surface area contributed by atoms with E-state index in [0.717, 1.165) is 0 Å². The highest BCUT2D eigenvalue weighted by atomic mass is 16.3. The first-order valence-corrected chi connectivity index (χ1v) is 6.29. The van der Waals surface area contributed by atoms with Crippen LogP contribution in [0.15, 0.2) is 23.0 Å². The molecule has 0 spiro atoms. The third-order valence-corrected chi connectivity index (χ3v) is 3.41. The van der Waals surface area contributed by atoms with Crippen molar-refractivity contribution < 1.29 is 14.0 Å². The molecule has 1 aromatic heterocycles. The molecule has 106 valence electrons. The number of carbonyl (C=O) groups is 2. The van der Waals surface area contributed by atoms with Crippen LogP contribution in [0.4, 0.5) is 0 Å². The number of nitrogens with one attached hydrogen (secondary N) is 1. The molecule has 5 heteroatoms. The zero-order valence-corrected chi connectivity index (χ0v) is 12.2. The Morgan fingerprint density at radius 1 is 1.42 bits per heavy atom. The Morgan fingerprint density at radius 2 is 2.05 bits per heavy atom. The summed E-state index contributed by atoms with van der Waals surface area (Å²) in [5.41, 5.74) is 0.415. The second-order valence-corrected chi connectivity index (χ2v) is 5.74. The van der Waals surface area contributed by atoms with Gasteiger partial charge in [-0.05, 0) is 18.4 Å². The van der Waals surface area contributed by atoms with Crippen molar-refractivity contribution in [1.82, 2.24) is 10.2 Å². The lowest BCUT2D eigenvalue weighted by atomic mass is 9.87. The predicted molar refractivity (Wildman–Crippen MR) is 72.7 cm³/mol. The second-order valence-electron chi connectivity index (χ2n) is 5.74. The third kappa shape index (κ3) is 4.12. The average Bonchev–Trinajstić information content (AvgIpc) is 2.86. The van der Waals surface area contributed by atoms with E-state index in [9.17, 15) is 9.59 Å². The average molecular weight is 266 g/mol. The van der Waals surface area contributed by atoms with Crippen molar-refractivity contribution in [2.75, 3.05) is 13.6 Å². The molecule has 0 aliphatic carbocycles. The number of hydrogen-bond acceptors (Lipinski definition) is 3. The Balaban J connectivity index is 2.50. The smallest absolute Gasteiger partial charge is 0.254 e. The van der Waals surface area contributed by atoms with Crippen molar-refractivity contribution in [3.8, 4) is 0 Å². The molecule has 0 aromatic carbocycles. The van der Waals surface area contributed by atoms with Crippen LogP contribution in [0.3, 0.4) is 0 Å². The molecule has 1 unspecified atom stereocenters. The molecule has 0 aliphatic rings. The van der Waals surface area contributed by atoms with Crippen molar-refractivity contribution in [3.63, 3.8) is 0 Å². The van der Waals surface area contributed by atoms with Crippen LogP contribution in [0.2, 0.25) is 0 Å². The SMILES string of the molecule is CC(N(C)C(=O)CNC(=O)c1ccoc1)C(C)(C)C. The number of amides is 2. The van der Waals surface area contributed by atoms with E-state index in [1.165, 1.54) is 12.5 Å². The van der Waals surface area contributed by atoms with Gasteiger partial charge in [0.1, 0.15) is 6.26 Å². The highest BCUT2D eigenvalue weighted by molar-refractivity contribution is 5.96. The van der Waals surface area contributed by atoms with E-state index in [0.29, 0.717) is 5.56 Å². The number of nitrogens with zero attached hydrogens (tertiary/aromatic N) is 1. The number of furan rings is 1. The van der Waals surface area contributed by atoms with Crippen molar-refractivity contribution in [3.05, 3.63) is 24.2 Å². The number of likely N-dealkylation sites (N-methyl/N-ethyl adjacent to an activating group) is 1. The van der Waals surface area contributed by atoms with E-state index in [1.54, 1.807) is 18.0 Å². The first-order valence-electron chi connectivity index (χ1n) is 6.29. The Hall–Kier alpha value is -1.78. The first kappa shape index (κ1) is 15.3. The molecule has 0 aliphatic heterocycles. The van der Waals surface area contributed by atoms with Gasteiger partial charge in [0.15, 0.2) is 0 Å².